The third-order valence-corrected chi connectivity index (χ3v) is 22.2. The van der Waals surface area contributed by atoms with E-state index in [1.807, 2.05) is 0 Å². The number of para-hydroxylation sites is 2. The zero-order valence-electron chi connectivity index (χ0n) is 60.5. The second-order valence-electron chi connectivity index (χ2n) is 28.3. The van der Waals surface area contributed by atoms with Crippen LogP contribution in [-0.4, -0.2) is 0 Å². The molecule has 0 saturated carbocycles. The lowest BCUT2D eigenvalue weighted by molar-refractivity contribution is 0.766. The van der Waals surface area contributed by atoms with Crippen molar-refractivity contribution in [2.75, 3.05) is 9.80 Å². The Balaban J connectivity index is 0.000000153. The second kappa shape index (κ2) is 28.8. The zero-order valence-corrected chi connectivity index (χ0v) is 60.5. The van der Waals surface area contributed by atoms with E-state index in [0.717, 1.165) is 34.1 Å². The van der Waals surface area contributed by atoms with Crippen molar-refractivity contribution in [2.24, 2.45) is 0 Å². The summed E-state index contributed by atoms with van der Waals surface area (Å²) in [7, 11) is 0. The Labute approximate surface area is 634 Å². The van der Waals surface area contributed by atoms with Gasteiger partial charge in [-0.05, 0) is 226 Å². The predicted octanol–water partition coefficient (Wildman–Crippen LogP) is 28.0. The molecule has 0 amide bonds. The smallest absolute Gasteiger partial charge is 0.0713 e. The van der Waals surface area contributed by atoms with Gasteiger partial charge >= 0.3 is 0 Å². The number of rotatable bonds is 15. The molecule has 0 fully saturated rings. The van der Waals surface area contributed by atoms with Crippen molar-refractivity contribution >= 4 is 34.1 Å². The van der Waals surface area contributed by atoms with Crippen molar-refractivity contribution in [1.29, 1.82) is 0 Å². The molecule has 0 bridgehead atoms. The van der Waals surface area contributed by atoms with E-state index in [-0.39, 0.29) is 0 Å². The number of aryl methyl sites for hydroxylation is 2. The fourth-order valence-electron chi connectivity index (χ4n) is 17.4. The third-order valence-electron chi connectivity index (χ3n) is 22.2. The highest BCUT2D eigenvalue weighted by Gasteiger charge is 2.48. The highest BCUT2D eigenvalue weighted by atomic mass is 15.1. The Morgan fingerprint density at radius 1 is 0.167 bits per heavy atom. The fraction of sp³-hybridized carbons (Fsp3) is 0.0377. The monoisotopic (exact) mass is 1380 g/mol. The molecule has 2 aliphatic rings. The van der Waals surface area contributed by atoms with Crippen LogP contribution in [-0.2, 0) is 10.8 Å². The normalized spacial score (nSPS) is 12.5. The first kappa shape index (κ1) is 66.3. The van der Waals surface area contributed by atoms with Crippen LogP contribution in [0.1, 0.15) is 55.6 Å². The van der Waals surface area contributed by atoms with Crippen LogP contribution in [0.5, 0.6) is 0 Å². The van der Waals surface area contributed by atoms with E-state index in [9.17, 15) is 0 Å². The quantitative estimate of drug-likeness (QED) is 0.101. The first-order valence-corrected chi connectivity index (χ1v) is 37.5. The first-order valence-electron chi connectivity index (χ1n) is 37.5. The Bertz CT molecular complexity index is 5890. The molecular weight excluding hydrogens is 1300 g/mol. The molecule has 19 rings (SSSR count). The third kappa shape index (κ3) is 11.8. The van der Waals surface area contributed by atoms with Gasteiger partial charge in [-0.2, -0.15) is 0 Å². The molecule has 0 radical (unpaired) electrons. The van der Waals surface area contributed by atoms with Crippen LogP contribution in [0, 0.1) is 13.8 Å². The second-order valence-corrected chi connectivity index (χ2v) is 28.3. The van der Waals surface area contributed by atoms with Gasteiger partial charge in [-0.3, -0.25) is 0 Å². The standard InChI is InChI=1S/C55H39N.C51H39N/c1-5-17-40(18-6-1)41-29-34-47(35-30-41)56(46-23-11-4-12-24-46)48-36-31-43(32-37-48)49-38-33-45(39-52(49)42-19-7-2-8-20-42)55(44-21-9-3-10-22-44)53-27-15-13-25-50(53)51-26-14-16-28-54(51)55;1-36-34-42(51(41-18-8-4-9-19-41)48-24-14-12-22-46(48)47-23-13-15-25-49(47)51)35-37(2)50(36)40-28-32-45(33-29-40)52(43-20-10-5-11-21-43)44-30-26-39(27-31-44)38-16-6-3-7-17-38/h1-39H;3-35H,1-2H3. The lowest BCUT2D eigenvalue weighted by Crippen LogP contribution is -2.28. The van der Waals surface area contributed by atoms with Crippen LogP contribution >= 0.6 is 0 Å². The van der Waals surface area contributed by atoms with Gasteiger partial charge in [0.2, 0.25) is 0 Å². The first-order chi connectivity index (χ1) is 53.4. The van der Waals surface area contributed by atoms with Crippen LogP contribution in [0.2, 0.25) is 0 Å². The summed E-state index contributed by atoms with van der Waals surface area (Å²) in [4.78, 5) is 4.67. The van der Waals surface area contributed by atoms with E-state index in [1.165, 1.54) is 134 Å². The lowest BCUT2D eigenvalue weighted by atomic mass is 9.67. The van der Waals surface area contributed by atoms with Crippen molar-refractivity contribution in [3.8, 4) is 77.9 Å². The van der Waals surface area contributed by atoms with Gasteiger partial charge in [0.05, 0.1) is 10.8 Å². The van der Waals surface area contributed by atoms with Crippen molar-refractivity contribution < 1.29 is 0 Å². The summed E-state index contributed by atoms with van der Waals surface area (Å²) in [5, 5.41) is 0. The molecule has 0 N–H and O–H groups in total. The minimum absolute atomic E-state index is 0.404. The van der Waals surface area contributed by atoms with Crippen LogP contribution in [0.15, 0.2) is 437 Å². The van der Waals surface area contributed by atoms with Crippen molar-refractivity contribution in [3.63, 3.8) is 0 Å². The van der Waals surface area contributed by atoms with Crippen LogP contribution in [0.3, 0.4) is 0 Å². The van der Waals surface area contributed by atoms with E-state index in [1.54, 1.807) is 0 Å². The molecule has 2 aliphatic carbocycles. The van der Waals surface area contributed by atoms with Crippen LogP contribution in [0.25, 0.3) is 77.9 Å². The minimum Gasteiger partial charge on any atom is -0.311 e. The van der Waals surface area contributed by atoms with Gasteiger partial charge in [0.1, 0.15) is 0 Å². The number of hydrogen-bond acceptors (Lipinski definition) is 2. The molecule has 2 heteroatoms. The summed E-state index contributed by atoms with van der Waals surface area (Å²) < 4.78 is 0. The van der Waals surface area contributed by atoms with Crippen molar-refractivity contribution in [1.82, 2.24) is 0 Å². The fourth-order valence-corrected chi connectivity index (χ4v) is 17.4. The maximum absolute atomic E-state index is 2.45. The predicted molar refractivity (Wildman–Crippen MR) is 454 cm³/mol. The SMILES string of the molecule is Cc1cc(C2(c3ccccc3)c3ccccc3-c3ccccc32)cc(C)c1-c1ccc(N(c2ccccc2)c2ccc(-c3ccccc3)cc2)cc1.c1ccc(-c2ccc(N(c3ccccc3)c3ccc(-c4ccc(C5(c6ccccc6)c6ccccc6-c6ccccc65)cc4-c4ccccc4)cc3)cc2)cc1. The van der Waals surface area contributed by atoms with Gasteiger partial charge < -0.3 is 9.80 Å². The molecule has 0 atom stereocenters. The van der Waals surface area contributed by atoms with Gasteiger partial charge in [-0.25, -0.2) is 0 Å². The number of benzene rings is 17. The Hall–Kier alpha value is -13.7. The van der Waals surface area contributed by atoms with E-state index in [0.29, 0.717) is 0 Å². The molecule has 0 spiro atoms. The molecular formula is C106H78N2. The minimum atomic E-state index is -0.466. The summed E-state index contributed by atoms with van der Waals surface area (Å²) >= 11 is 0. The number of anilines is 6. The summed E-state index contributed by atoms with van der Waals surface area (Å²) in [5.74, 6) is 0. The van der Waals surface area contributed by atoms with E-state index < -0.39 is 10.8 Å². The summed E-state index contributed by atoms with van der Waals surface area (Å²) in [6.07, 6.45) is 0. The largest absolute Gasteiger partial charge is 0.311 e. The van der Waals surface area contributed by atoms with Gasteiger partial charge in [-0.1, -0.05) is 358 Å². The van der Waals surface area contributed by atoms with Gasteiger partial charge in [0, 0.05) is 34.1 Å². The summed E-state index contributed by atoms with van der Waals surface area (Å²) in [6, 6.07) is 159. The highest BCUT2D eigenvalue weighted by Crippen LogP contribution is 2.59. The average Bonchev–Trinajstić information content (AvgIpc) is 1.54. The van der Waals surface area contributed by atoms with Gasteiger partial charge in [0.15, 0.2) is 0 Å². The molecule has 0 unspecified atom stereocenters. The number of hydrogen-bond donors (Lipinski definition) is 0. The van der Waals surface area contributed by atoms with E-state index in [4.69, 9.17) is 0 Å². The average molecular weight is 1380 g/mol. The van der Waals surface area contributed by atoms with Crippen molar-refractivity contribution in [2.45, 2.75) is 24.7 Å². The van der Waals surface area contributed by atoms with Crippen LogP contribution in [0.4, 0.5) is 34.1 Å². The Kier molecular flexibility index (Phi) is 17.7. The molecule has 0 heterocycles. The van der Waals surface area contributed by atoms with Gasteiger partial charge in [0.25, 0.3) is 0 Å². The van der Waals surface area contributed by atoms with E-state index in [2.05, 4.69) is 460 Å². The summed E-state index contributed by atoms with van der Waals surface area (Å²) in [5.41, 5.74) is 36.2. The Morgan fingerprint density at radius 3 is 0.787 bits per heavy atom. The van der Waals surface area contributed by atoms with Crippen LogP contribution < -0.4 is 9.80 Å². The molecule has 0 aliphatic heterocycles. The maximum Gasteiger partial charge on any atom is 0.0713 e. The number of fused-ring (bicyclic) bond motifs is 6. The molecule has 17 aromatic carbocycles. The topological polar surface area (TPSA) is 6.48 Å². The molecule has 2 nitrogen and oxygen atoms in total. The Morgan fingerprint density at radius 2 is 0.426 bits per heavy atom. The summed E-state index contributed by atoms with van der Waals surface area (Å²) in [6.45, 7) is 4.55. The molecule has 0 saturated heterocycles. The lowest BCUT2D eigenvalue weighted by Gasteiger charge is -2.35. The number of nitrogens with zero attached hydrogens (tertiary/aromatic N) is 2. The highest BCUT2D eigenvalue weighted by molar-refractivity contribution is 5.92. The zero-order chi connectivity index (χ0) is 72.4. The van der Waals surface area contributed by atoms with E-state index >= 15 is 0 Å². The molecule has 17 aromatic rings. The molecule has 512 valence electrons. The van der Waals surface area contributed by atoms with Gasteiger partial charge in [-0.15, -0.1) is 0 Å². The molecule has 108 heavy (non-hydrogen) atoms. The van der Waals surface area contributed by atoms with Crippen molar-refractivity contribution in [3.05, 3.63) is 492 Å². The molecule has 0 aromatic heterocycles. The maximum atomic E-state index is 2.45.